The molecule has 0 aliphatic carbocycles. The van der Waals surface area contributed by atoms with E-state index in [9.17, 15) is 9.59 Å². The lowest BCUT2D eigenvalue weighted by atomic mass is 10.2. The molecule has 0 spiro atoms. The summed E-state index contributed by atoms with van der Waals surface area (Å²) in [7, 11) is 0. The largest absolute Gasteiger partial charge is 0.350 e. The van der Waals surface area contributed by atoms with Gasteiger partial charge in [-0.15, -0.1) is 0 Å². The van der Waals surface area contributed by atoms with Crippen LogP contribution in [0.2, 0.25) is 0 Å². The monoisotopic (exact) mass is 380 g/mol. The highest BCUT2D eigenvalue weighted by Crippen LogP contribution is 2.13. The molecule has 0 atom stereocenters. The molecule has 3 rings (SSSR count). The van der Waals surface area contributed by atoms with E-state index >= 15 is 0 Å². The second-order valence-electron chi connectivity index (χ2n) is 7.38. The van der Waals surface area contributed by atoms with Gasteiger partial charge < -0.3 is 15.5 Å². The van der Waals surface area contributed by atoms with E-state index in [1.165, 1.54) is 5.56 Å². The fraction of sp³-hybridized carbons (Fsp3) is 0.364. The van der Waals surface area contributed by atoms with Gasteiger partial charge in [-0.05, 0) is 43.7 Å². The average Bonchev–Trinajstić information content (AvgIpc) is 2.69. The molecule has 2 aromatic rings. The van der Waals surface area contributed by atoms with Gasteiger partial charge in [0.15, 0.2) is 0 Å². The van der Waals surface area contributed by atoms with Gasteiger partial charge in [0, 0.05) is 50.0 Å². The maximum absolute atomic E-state index is 12.5. The smallest absolute Gasteiger partial charge is 0.321 e. The molecule has 6 heteroatoms. The van der Waals surface area contributed by atoms with E-state index in [4.69, 9.17) is 0 Å². The number of benzene rings is 2. The molecule has 148 valence electrons. The van der Waals surface area contributed by atoms with Crippen LogP contribution >= 0.6 is 0 Å². The van der Waals surface area contributed by atoms with Crippen LogP contribution in [0.3, 0.4) is 0 Å². The fourth-order valence-electron chi connectivity index (χ4n) is 3.20. The number of nitrogens with zero attached hydrogens (tertiary/aromatic N) is 2. The minimum absolute atomic E-state index is 0.0902. The summed E-state index contributed by atoms with van der Waals surface area (Å²) in [6.45, 7) is 7.88. The van der Waals surface area contributed by atoms with Gasteiger partial charge in [-0.2, -0.15) is 0 Å². The van der Waals surface area contributed by atoms with Gasteiger partial charge >= 0.3 is 6.03 Å². The molecular formula is C22H28N4O2. The van der Waals surface area contributed by atoms with Crippen molar-refractivity contribution in [1.82, 2.24) is 15.1 Å². The van der Waals surface area contributed by atoms with Crippen LogP contribution in [0.4, 0.5) is 10.5 Å². The molecule has 28 heavy (non-hydrogen) atoms. The Morgan fingerprint density at radius 3 is 2.18 bits per heavy atom. The van der Waals surface area contributed by atoms with Gasteiger partial charge in [0.2, 0.25) is 0 Å². The number of hydrogen-bond donors (Lipinski definition) is 2. The fourth-order valence-corrected chi connectivity index (χ4v) is 3.20. The van der Waals surface area contributed by atoms with Gasteiger partial charge in [-0.1, -0.05) is 30.3 Å². The van der Waals surface area contributed by atoms with E-state index in [0.717, 1.165) is 19.6 Å². The van der Waals surface area contributed by atoms with Crippen molar-refractivity contribution in [2.24, 2.45) is 0 Å². The summed E-state index contributed by atoms with van der Waals surface area (Å²) in [4.78, 5) is 28.7. The summed E-state index contributed by atoms with van der Waals surface area (Å²) in [5.41, 5.74) is 2.57. The number of carbonyl (C=O) groups excluding carboxylic acids is 2. The standard InChI is InChI=1S/C22H28N4O2/c1-17(2)23-21(27)19-8-10-20(11-9-19)24-22(28)26-14-12-25(13-15-26)16-18-6-4-3-5-7-18/h3-11,17H,12-16H2,1-2H3,(H,23,27)(H,24,28). The van der Waals surface area contributed by atoms with E-state index in [1.807, 2.05) is 24.8 Å². The highest BCUT2D eigenvalue weighted by molar-refractivity contribution is 5.95. The number of anilines is 1. The number of urea groups is 1. The molecule has 0 radical (unpaired) electrons. The molecule has 1 saturated heterocycles. The number of piperazine rings is 1. The van der Waals surface area contributed by atoms with Crippen molar-refractivity contribution in [3.63, 3.8) is 0 Å². The molecule has 1 aliphatic heterocycles. The molecule has 0 aromatic heterocycles. The third-order valence-corrected chi connectivity index (χ3v) is 4.73. The minimum Gasteiger partial charge on any atom is -0.350 e. The second kappa shape index (κ2) is 9.37. The Morgan fingerprint density at radius 1 is 0.929 bits per heavy atom. The number of nitrogens with one attached hydrogen (secondary N) is 2. The van der Waals surface area contributed by atoms with Crippen LogP contribution in [0, 0.1) is 0 Å². The van der Waals surface area contributed by atoms with Crippen molar-refractivity contribution in [3.8, 4) is 0 Å². The van der Waals surface area contributed by atoms with Gasteiger partial charge in [0.05, 0.1) is 0 Å². The summed E-state index contributed by atoms with van der Waals surface area (Å²) in [5, 5.41) is 5.77. The van der Waals surface area contributed by atoms with Crippen molar-refractivity contribution < 1.29 is 9.59 Å². The van der Waals surface area contributed by atoms with Crippen molar-refractivity contribution >= 4 is 17.6 Å². The summed E-state index contributed by atoms with van der Waals surface area (Å²) >= 11 is 0. The summed E-state index contributed by atoms with van der Waals surface area (Å²) in [6, 6.07) is 17.4. The Hall–Kier alpha value is -2.86. The lowest BCUT2D eigenvalue weighted by molar-refractivity contribution is 0.0943. The Kier molecular flexibility index (Phi) is 6.66. The van der Waals surface area contributed by atoms with Crippen LogP contribution in [0.15, 0.2) is 54.6 Å². The molecule has 1 fully saturated rings. The first-order valence-corrected chi connectivity index (χ1v) is 9.74. The van der Waals surface area contributed by atoms with Crippen molar-refractivity contribution in [2.45, 2.75) is 26.4 Å². The Balaban J connectivity index is 1.47. The topological polar surface area (TPSA) is 64.7 Å². The quantitative estimate of drug-likeness (QED) is 0.837. The third kappa shape index (κ3) is 5.57. The van der Waals surface area contributed by atoms with Crippen LogP contribution in [0.25, 0.3) is 0 Å². The highest BCUT2D eigenvalue weighted by Gasteiger charge is 2.21. The van der Waals surface area contributed by atoms with Crippen LogP contribution in [-0.4, -0.2) is 54.0 Å². The number of hydrogen-bond acceptors (Lipinski definition) is 3. The zero-order chi connectivity index (χ0) is 19.9. The zero-order valence-electron chi connectivity index (χ0n) is 16.5. The molecule has 2 aromatic carbocycles. The lowest BCUT2D eigenvalue weighted by Gasteiger charge is -2.34. The van der Waals surface area contributed by atoms with Crippen LogP contribution in [0.1, 0.15) is 29.8 Å². The van der Waals surface area contributed by atoms with E-state index in [2.05, 4.69) is 39.8 Å². The Morgan fingerprint density at radius 2 is 1.57 bits per heavy atom. The van der Waals surface area contributed by atoms with Gasteiger partial charge in [0.1, 0.15) is 0 Å². The van der Waals surface area contributed by atoms with E-state index in [0.29, 0.717) is 24.3 Å². The molecule has 1 heterocycles. The Bertz CT molecular complexity index is 782. The zero-order valence-corrected chi connectivity index (χ0v) is 16.5. The molecule has 0 saturated carbocycles. The number of carbonyl (C=O) groups is 2. The highest BCUT2D eigenvalue weighted by atomic mass is 16.2. The lowest BCUT2D eigenvalue weighted by Crippen LogP contribution is -2.49. The number of amides is 3. The third-order valence-electron chi connectivity index (χ3n) is 4.73. The first kappa shape index (κ1) is 19.9. The minimum atomic E-state index is -0.109. The van der Waals surface area contributed by atoms with Crippen molar-refractivity contribution in [2.75, 3.05) is 31.5 Å². The van der Waals surface area contributed by atoms with Crippen LogP contribution < -0.4 is 10.6 Å². The normalized spacial score (nSPS) is 14.8. The molecule has 3 amide bonds. The maximum atomic E-state index is 12.5. The average molecular weight is 380 g/mol. The van der Waals surface area contributed by atoms with E-state index in [1.54, 1.807) is 24.3 Å². The summed E-state index contributed by atoms with van der Waals surface area (Å²) in [6.07, 6.45) is 0. The number of rotatable bonds is 5. The van der Waals surface area contributed by atoms with Crippen LogP contribution in [0.5, 0.6) is 0 Å². The van der Waals surface area contributed by atoms with Crippen molar-refractivity contribution in [1.29, 1.82) is 0 Å². The molecular weight excluding hydrogens is 352 g/mol. The molecule has 0 bridgehead atoms. The molecule has 6 nitrogen and oxygen atoms in total. The summed E-state index contributed by atoms with van der Waals surface area (Å²) in [5.74, 6) is -0.109. The molecule has 0 unspecified atom stereocenters. The first-order chi connectivity index (χ1) is 13.5. The second-order valence-corrected chi connectivity index (χ2v) is 7.38. The van der Waals surface area contributed by atoms with E-state index < -0.39 is 0 Å². The van der Waals surface area contributed by atoms with Gasteiger partial charge in [0.25, 0.3) is 5.91 Å². The molecule has 1 aliphatic rings. The van der Waals surface area contributed by atoms with Gasteiger partial charge in [-0.25, -0.2) is 4.79 Å². The predicted molar refractivity (Wildman–Crippen MR) is 111 cm³/mol. The maximum Gasteiger partial charge on any atom is 0.321 e. The van der Waals surface area contributed by atoms with E-state index in [-0.39, 0.29) is 18.0 Å². The predicted octanol–water partition coefficient (Wildman–Crippen LogP) is 3.17. The first-order valence-electron chi connectivity index (χ1n) is 9.74. The molecule has 2 N–H and O–H groups in total. The van der Waals surface area contributed by atoms with Crippen LogP contribution in [-0.2, 0) is 6.54 Å². The van der Waals surface area contributed by atoms with Crippen molar-refractivity contribution in [3.05, 3.63) is 65.7 Å². The summed E-state index contributed by atoms with van der Waals surface area (Å²) < 4.78 is 0. The van der Waals surface area contributed by atoms with Gasteiger partial charge in [-0.3, -0.25) is 9.69 Å². The SMILES string of the molecule is CC(C)NC(=O)c1ccc(NC(=O)N2CCN(Cc3ccccc3)CC2)cc1. The Labute approximate surface area is 166 Å².